The van der Waals surface area contributed by atoms with Gasteiger partial charge in [-0.25, -0.2) is 14.9 Å². The molecule has 2 heterocycles. The number of carbonyl (C=O) groups excluding carboxylic acids is 1. The van der Waals surface area contributed by atoms with E-state index in [0.717, 1.165) is 9.70 Å². The van der Waals surface area contributed by atoms with E-state index in [1.165, 1.54) is 18.1 Å². The lowest BCUT2D eigenvalue weighted by molar-refractivity contribution is -0.114. The first-order valence-corrected chi connectivity index (χ1v) is 5.70. The molecule has 0 atom stereocenters. The first kappa shape index (κ1) is 11.4. The summed E-state index contributed by atoms with van der Waals surface area (Å²) in [5.41, 5.74) is 1.90. The summed E-state index contributed by atoms with van der Waals surface area (Å²) < 4.78 is 0.987. The Hall–Kier alpha value is -2.09. The maximum atomic E-state index is 11.5. The molecule has 0 aliphatic heterocycles. The van der Waals surface area contributed by atoms with E-state index in [4.69, 9.17) is 0 Å². The molecular weight excluding hydrogens is 242 g/mol. The van der Waals surface area contributed by atoms with Crippen molar-refractivity contribution in [2.45, 2.75) is 5.03 Å². The predicted octanol–water partition coefficient (Wildman–Crippen LogP) is -0.171. The zero-order valence-corrected chi connectivity index (χ0v) is 9.48. The lowest BCUT2D eigenvalue weighted by atomic mass is 10.5. The molecule has 0 fully saturated rings. The number of hydrogen-bond acceptors (Lipinski definition) is 5. The first-order valence-electron chi connectivity index (χ1n) is 4.71. The lowest BCUT2D eigenvalue weighted by Crippen LogP contribution is -2.31. The van der Waals surface area contributed by atoms with E-state index in [9.17, 15) is 9.59 Å². The van der Waals surface area contributed by atoms with Gasteiger partial charge in [0, 0.05) is 6.20 Å². The van der Waals surface area contributed by atoms with Crippen LogP contribution in [0.2, 0.25) is 0 Å². The third-order valence-corrected chi connectivity index (χ3v) is 2.73. The normalized spacial score (nSPS) is 10.1. The average molecular weight is 251 g/mol. The van der Waals surface area contributed by atoms with Gasteiger partial charge in [0.05, 0.1) is 10.8 Å². The number of hydrogen-bond donors (Lipinski definition) is 2. The van der Waals surface area contributed by atoms with Crippen LogP contribution in [-0.4, -0.2) is 31.5 Å². The summed E-state index contributed by atoms with van der Waals surface area (Å²) in [6, 6.07) is 5.45. The van der Waals surface area contributed by atoms with E-state index >= 15 is 0 Å². The highest BCUT2D eigenvalue weighted by molar-refractivity contribution is 7.99. The molecule has 0 saturated carbocycles. The Morgan fingerprint density at radius 1 is 1.53 bits per heavy atom. The number of H-pyrrole nitrogens is 1. The molecule has 17 heavy (non-hydrogen) atoms. The van der Waals surface area contributed by atoms with Crippen molar-refractivity contribution in [1.82, 2.24) is 19.9 Å². The third-order valence-electron chi connectivity index (χ3n) is 1.79. The van der Waals surface area contributed by atoms with Crippen LogP contribution in [0.4, 0.5) is 0 Å². The van der Waals surface area contributed by atoms with E-state index in [2.05, 4.69) is 20.6 Å². The second-order valence-corrected chi connectivity index (χ2v) is 4.02. The monoisotopic (exact) mass is 251 g/mol. The molecule has 2 N–H and O–H groups in total. The van der Waals surface area contributed by atoms with E-state index in [-0.39, 0.29) is 11.7 Å². The fraction of sp³-hybridized carbons (Fsp3) is 0.111. The molecule has 0 saturated heterocycles. The van der Waals surface area contributed by atoms with Gasteiger partial charge in [-0.15, -0.1) is 0 Å². The second kappa shape index (κ2) is 5.30. The van der Waals surface area contributed by atoms with E-state index < -0.39 is 5.69 Å². The number of rotatable bonds is 4. The third kappa shape index (κ3) is 3.18. The maximum absolute atomic E-state index is 11.5. The zero-order valence-electron chi connectivity index (χ0n) is 8.66. The van der Waals surface area contributed by atoms with Crippen LogP contribution >= 0.6 is 11.8 Å². The Morgan fingerprint density at radius 2 is 2.41 bits per heavy atom. The molecule has 2 aromatic rings. The van der Waals surface area contributed by atoms with Crippen molar-refractivity contribution in [2.24, 2.45) is 0 Å². The Balaban J connectivity index is 1.87. The second-order valence-electron chi connectivity index (χ2n) is 3.02. The fourth-order valence-electron chi connectivity index (χ4n) is 1.07. The number of nitrogens with one attached hydrogen (secondary N) is 2. The van der Waals surface area contributed by atoms with Crippen LogP contribution in [0.15, 0.2) is 40.5 Å². The van der Waals surface area contributed by atoms with E-state index in [0.29, 0.717) is 0 Å². The van der Waals surface area contributed by atoms with Crippen LogP contribution in [0.3, 0.4) is 0 Å². The van der Waals surface area contributed by atoms with Crippen molar-refractivity contribution >= 4 is 17.7 Å². The zero-order chi connectivity index (χ0) is 12.1. The highest BCUT2D eigenvalue weighted by atomic mass is 32.2. The maximum Gasteiger partial charge on any atom is 0.362 e. The topological polar surface area (TPSA) is 92.7 Å². The summed E-state index contributed by atoms with van der Waals surface area (Å²) in [5.74, 6) is -0.126. The Morgan fingerprint density at radius 3 is 3.06 bits per heavy atom. The average Bonchev–Trinajstić information content (AvgIpc) is 2.74. The van der Waals surface area contributed by atoms with Crippen LogP contribution in [-0.2, 0) is 4.79 Å². The number of nitrogens with zero attached hydrogens (tertiary/aromatic N) is 3. The van der Waals surface area contributed by atoms with Gasteiger partial charge < -0.3 is 0 Å². The van der Waals surface area contributed by atoms with E-state index in [1.54, 1.807) is 12.3 Å². The van der Waals surface area contributed by atoms with Gasteiger partial charge in [0.1, 0.15) is 6.33 Å². The van der Waals surface area contributed by atoms with Gasteiger partial charge in [-0.2, -0.15) is 9.77 Å². The minimum atomic E-state index is -0.485. The van der Waals surface area contributed by atoms with Crippen LogP contribution in [0.1, 0.15) is 0 Å². The number of carbonyl (C=O) groups is 1. The molecule has 0 spiro atoms. The van der Waals surface area contributed by atoms with Gasteiger partial charge in [0.2, 0.25) is 5.91 Å². The molecule has 88 valence electrons. The van der Waals surface area contributed by atoms with Gasteiger partial charge in [-0.05, 0) is 12.1 Å². The molecule has 8 heteroatoms. The predicted molar refractivity (Wildman–Crippen MR) is 62.2 cm³/mol. The molecular formula is C9H9N5O2S. The smallest absolute Gasteiger partial charge is 0.272 e. The van der Waals surface area contributed by atoms with Gasteiger partial charge in [-0.3, -0.25) is 10.2 Å². The van der Waals surface area contributed by atoms with Crippen molar-refractivity contribution in [3.05, 3.63) is 41.2 Å². The van der Waals surface area contributed by atoms with Crippen molar-refractivity contribution in [3.63, 3.8) is 0 Å². The lowest BCUT2D eigenvalue weighted by Gasteiger charge is -2.02. The van der Waals surface area contributed by atoms with Gasteiger partial charge in [0.15, 0.2) is 0 Å². The molecule has 0 bridgehead atoms. The highest BCUT2D eigenvalue weighted by Crippen LogP contribution is 2.12. The van der Waals surface area contributed by atoms with E-state index in [1.807, 2.05) is 12.1 Å². The minimum absolute atomic E-state index is 0.175. The van der Waals surface area contributed by atoms with Crippen LogP contribution in [0.5, 0.6) is 0 Å². The van der Waals surface area contributed by atoms with Crippen LogP contribution < -0.4 is 11.1 Å². The quantitative estimate of drug-likeness (QED) is 0.736. The fourth-order valence-corrected chi connectivity index (χ4v) is 1.72. The summed E-state index contributed by atoms with van der Waals surface area (Å²) in [4.78, 5) is 26.6. The molecule has 0 aromatic carbocycles. The number of aromatic nitrogens is 4. The summed E-state index contributed by atoms with van der Waals surface area (Å²) in [6.45, 7) is 0. The number of thioether (sulfide) groups is 1. The minimum Gasteiger partial charge on any atom is -0.272 e. The van der Waals surface area contributed by atoms with Gasteiger partial charge in [0.25, 0.3) is 0 Å². The summed E-state index contributed by atoms with van der Waals surface area (Å²) >= 11 is 1.29. The largest absolute Gasteiger partial charge is 0.362 e. The number of amides is 1. The molecule has 1 amide bonds. The summed E-state index contributed by atoms with van der Waals surface area (Å²) in [5, 5.41) is 6.41. The van der Waals surface area contributed by atoms with Crippen molar-refractivity contribution in [3.8, 4) is 0 Å². The molecule has 7 nitrogen and oxygen atoms in total. The molecule has 0 aliphatic rings. The molecule has 0 unspecified atom stereocenters. The van der Waals surface area contributed by atoms with Gasteiger partial charge in [-0.1, -0.05) is 17.8 Å². The number of aromatic amines is 1. The van der Waals surface area contributed by atoms with Gasteiger partial charge >= 0.3 is 5.69 Å². The summed E-state index contributed by atoms with van der Waals surface area (Å²) in [7, 11) is 0. The highest BCUT2D eigenvalue weighted by Gasteiger charge is 2.05. The SMILES string of the molecule is O=C(CSc1ccccn1)Nn1cn[nH]c1=O. The Bertz CT molecular complexity index is 550. The first-order chi connectivity index (χ1) is 8.25. The molecule has 2 aromatic heterocycles. The van der Waals surface area contributed by atoms with Crippen molar-refractivity contribution < 1.29 is 4.79 Å². The van der Waals surface area contributed by atoms with Crippen molar-refractivity contribution in [2.75, 3.05) is 11.2 Å². The molecule has 0 radical (unpaired) electrons. The van der Waals surface area contributed by atoms with Crippen LogP contribution in [0, 0.1) is 0 Å². The Kier molecular flexibility index (Phi) is 3.55. The Labute approximate surface area is 100 Å². The van der Waals surface area contributed by atoms with Crippen LogP contribution in [0.25, 0.3) is 0 Å². The number of pyridine rings is 1. The molecule has 0 aliphatic carbocycles. The summed E-state index contributed by atoms with van der Waals surface area (Å²) in [6.07, 6.45) is 2.85. The van der Waals surface area contributed by atoms with Crippen molar-refractivity contribution in [1.29, 1.82) is 0 Å². The standard InChI is InChI=1S/C9H9N5O2S/c15-7(13-14-6-11-12-9(14)16)5-17-8-3-1-2-4-10-8/h1-4,6H,5H2,(H,12,16)(H,13,15). The molecule has 2 rings (SSSR count).